The van der Waals surface area contributed by atoms with Gasteiger partial charge in [-0.25, -0.2) is 4.79 Å². The van der Waals surface area contributed by atoms with Crippen LogP contribution in [-0.4, -0.2) is 25.2 Å². The number of nitrogens with zero attached hydrogens (tertiary/aromatic N) is 1. The molecule has 1 heterocycles. The van der Waals surface area contributed by atoms with Crippen LogP contribution in [0.3, 0.4) is 0 Å². The van der Waals surface area contributed by atoms with Crippen LogP contribution in [0.4, 0.5) is 0 Å². The highest BCUT2D eigenvalue weighted by Crippen LogP contribution is 2.43. The SMILES string of the molecule is CCOC(=O)C1=C(N)Oc2ccccc2[C@@H]1[C@@H](C#N)C(=O)OCC. The van der Waals surface area contributed by atoms with E-state index in [-0.39, 0.29) is 24.7 Å². The van der Waals surface area contributed by atoms with E-state index in [0.717, 1.165) is 0 Å². The zero-order valence-electron chi connectivity index (χ0n) is 13.4. The van der Waals surface area contributed by atoms with Crippen LogP contribution in [0.5, 0.6) is 5.75 Å². The molecule has 0 aliphatic carbocycles. The zero-order valence-corrected chi connectivity index (χ0v) is 13.4. The lowest BCUT2D eigenvalue weighted by Crippen LogP contribution is -2.33. The standard InChI is InChI=1S/C17H18N2O5/c1-3-22-16(20)11(9-18)13-10-7-5-6-8-12(10)24-15(19)14(13)17(21)23-4-2/h5-8,11,13H,3-4,19H2,1-2H3/t11-,13-/m1/s1. The van der Waals surface area contributed by atoms with Gasteiger partial charge in [-0.3, -0.25) is 4.79 Å². The van der Waals surface area contributed by atoms with Crippen molar-refractivity contribution in [2.75, 3.05) is 13.2 Å². The topological polar surface area (TPSA) is 112 Å². The number of nitrogens with two attached hydrogens (primary N) is 1. The van der Waals surface area contributed by atoms with Crippen molar-refractivity contribution in [1.82, 2.24) is 0 Å². The van der Waals surface area contributed by atoms with E-state index in [4.69, 9.17) is 19.9 Å². The van der Waals surface area contributed by atoms with Crippen molar-refractivity contribution in [3.05, 3.63) is 41.3 Å². The number of benzene rings is 1. The fraction of sp³-hybridized carbons (Fsp3) is 0.353. The summed E-state index contributed by atoms with van der Waals surface area (Å²) in [5, 5.41) is 9.51. The van der Waals surface area contributed by atoms with E-state index in [1.54, 1.807) is 38.1 Å². The molecule has 1 aliphatic heterocycles. The fourth-order valence-electron chi connectivity index (χ4n) is 2.59. The third kappa shape index (κ3) is 3.18. The van der Waals surface area contributed by atoms with Crippen molar-refractivity contribution in [3.8, 4) is 11.8 Å². The first kappa shape index (κ1) is 17.3. The van der Waals surface area contributed by atoms with Crippen molar-refractivity contribution in [2.45, 2.75) is 19.8 Å². The van der Waals surface area contributed by atoms with Gasteiger partial charge in [0, 0.05) is 5.56 Å². The Morgan fingerprint density at radius 1 is 1.29 bits per heavy atom. The Kier molecular flexibility index (Phi) is 5.42. The van der Waals surface area contributed by atoms with E-state index in [2.05, 4.69) is 0 Å². The van der Waals surface area contributed by atoms with Crippen LogP contribution in [0.25, 0.3) is 0 Å². The van der Waals surface area contributed by atoms with Crippen LogP contribution in [-0.2, 0) is 19.1 Å². The van der Waals surface area contributed by atoms with Gasteiger partial charge in [-0.05, 0) is 19.9 Å². The van der Waals surface area contributed by atoms with Crippen LogP contribution in [0.1, 0.15) is 25.3 Å². The van der Waals surface area contributed by atoms with Crippen molar-refractivity contribution < 1.29 is 23.8 Å². The third-order valence-corrected chi connectivity index (χ3v) is 3.56. The molecule has 126 valence electrons. The number of esters is 2. The molecule has 24 heavy (non-hydrogen) atoms. The summed E-state index contributed by atoms with van der Waals surface area (Å²) >= 11 is 0. The Bertz CT molecular complexity index is 720. The summed E-state index contributed by atoms with van der Waals surface area (Å²) in [7, 11) is 0. The maximum Gasteiger partial charge on any atom is 0.340 e. The number of para-hydroxylation sites is 1. The Hall–Kier alpha value is -3.01. The Morgan fingerprint density at radius 3 is 2.58 bits per heavy atom. The highest BCUT2D eigenvalue weighted by molar-refractivity contribution is 5.93. The zero-order chi connectivity index (χ0) is 17.7. The predicted octanol–water partition coefficient (Wildman–Crippen LogP) is 1.60. The molecular formula is C17H18N2O5. The van der Waals surface area contributed by atoms with E-state index >= 15 is 0 Å². The molecule has 0 radical (unpaired) electrons. The second-order valence-corrected chi connectivity index (χ2v) is 4.97. The molecule has 2 atom stereocenters. The maximum absolute atomic E-state index is 12.3. The van der Waals surface area contributed by atoms with Crippen molar-refractivity contribution in [2.24, 2.45) is 11.7 Å². The predicted molar refractivity (Wildman–Crippen MR) is 83.4 cm³/mol. The number of carbonyl (C=O) groups is 2. The minimum atomic E-state index is -1.24. The summed E-state index contributed by atoms with van der Waals surface area (Å²) in [6.45, 7) is 3.53. The highest BCUT2D eigenvalue weighted by atomic mass is 16.5. The number of hydrogen-bond donors (Lipinski definition) is 1. The van der Waals surface area contributed by atoms with E-state index in [0.29, 0.717) is 11.3 Å². The molecule has 0 saturated heterocycles. The van der Waals surface area contributed by atoms with Gasteiger partial charge < -0.3 is 19.9 Å². The van der Waals surface area contributed by atoms with Gasteiger partial charge in [0.25, 0.3) is 0 Å². The van der Waals surface area contributed by atoms with Gasteiger partial charge in [0.1, 0.15) is 11.3 Å². The van der Waals surface area contributed by atoms with E-state index < -0.39 is 23.8 Å². The summed E-state index contributed by atoms with van der Waals surface area (Å²) < 4.78 is 15.5. The first-order chi connectivity index (χ1) is 11.5. The lowest BCUT2D eigenvalue weighted by atomic mass is 9.79. The van der Waals surface area contributed by atoms with Crippen molar-refractivity contribution >= 4 is 11.9 Å². The van der Waals surface area contributed by atoms with Crippen LogP contribution < -0.4 is 10.5 Å². The summed E-state index contributed by atoms with van der Waals surface area (Å²) in [4.78, 5) is 24.5. The quantitative estimate of drug-likeness (QED) is 0.816. The minimum absolute atomic E-state index is 0.0462. The lowest BCUT2D eigenvalue weighted by molar-refractivity contribution is -0.146. The molecule has 0 fully saturated rings. The Balaban J connectivity index is 2.58. The molecule has 1 aromatic carbocycles. The van der Waals surface area contributed by atoms with Crippen LogP contribution in [0.2, 0.25) is 0 Å². The third-order valence-electron chi connectivity index (χ3n) is 3.56. The van der Waals surface area contributed by atoms with Gasteiger partial charge in [-0.15, -0.1) is 0 Å². The molecule has 0 unspecified atom stereocenters. The second-order valence-electron chi connectivity index (χ2n) is 4.97. The number of ether oxygens (including phenoxy) is 3. The Morgan fingerprint density at radius 2 is 1.96 bits per heavy atom. The van der Waals surface area contributed by atoms with Crippen LogP contribution >= 0.6 is 0 Å². The van der Waals surface area contributed by atoms with E-state index in [9.17, 15) is 14.9 Å². The van der Waals surface area contributed by atoms with Gasteiger partial charge >= 0.3 is 11.9 Å². The number of hydrogen-bond acceptors (Lipinski definition) is 7. The molecule has 0 bridgehead atoms. The smallest absolute Gasteiger partial charge is 0.340 e. The van der Waals surface area contributed by atoms with Gasteiger partial charge in [-0.1, -0.05) is 18.2 Å². The largest absolute Gasteiger partial charge is 0.465 e. The molecule has 0 aromatic heterocycles. The molecule has 2 N–H and O–H groups in total. The molecule has 7 heteroatoms. The summed E-state index contributed by atoms with van der Waals surface area (Å²) in [5.41, 5.74) is 6.34. The Labute approximate surface area is 139 Å². The number of rotatable bonds is 5. The van der Waals surface area contributed by atoms with E-state index in [1.165, 1.54) is 0 Å². The molecular weight excluding hydrogens is 312 g/mol. The average molecular weight is 330 g/mol. The summed E-state index contributed by atoms with van der Waals surface area (Å²) in [5.74, 6) is -3.40. The first-order valence-electron chi connectivity index (χ1n) is 7.54. The van der Waals surface area contributed by atoms with Crippen LogP contribution in [0, 0.1) is 17.2 Å². The molecule has 2 rings (SSSR count). The average Bonchev–Trinajstić information content (AvgIpc) is 2.55. The van der Waals surface area contributed by atoms with Crippen molar-refractivity contribution in [1.29, 1.82) is 5.26 Å². The number of carbonyl (C=O) groups excluding carboxylic acids is 2. The number of nitriles is 1. The van der Waals surface area contributed by atoms with Gasteiger partial charge in [0.2, 0.25) is 5.88 Å². The van der Waals surface area contributed by atoms with E-state index in [1.807, 2.05) is 6.07 Å². The normalized spacial score (nSPS) is 17.1. The fourth-order valence-corrected chi connectivity index (χ4v) is 2.59. The lowest BCUT2D eigenvalue weighted by Gasteiger charge is -2.29. The highest BCUT2D eigenvalue weighted by Gasteiger charge is 2.43. The molecule has 0 saturated carbocycles. The van der Waals surface area contributed by atoms with Gasteiger partial charge in [0.15, 0.2) is 5.92 Å². The first-order valence-corrected chi connectivity index (χ1v) is 7.54. The molecule has 7 nitrogen and oxygen atoms in total. The second kappa shape index (κ2) is 7.51. The molecule has 0 spiro atoms. The minimum Gasteiger partial charge on any atom is -0.465 e. The number of fused-ring (bicyclic) bond motifs is 1. The van der Waals surface area contributed by atoms with Crippen molar-refractivity contribution in [3.63, 3.8) is 0 Å². The molecule has 1 aromatic rings. The van der Waals surface area contributed by atoms with Gasteiger partial charge in [0.05, 0.1) is 25.2 Å². The summed E-state index contributed by atoms with van der Waals surface area (Å²) in [6.07, 6.45) is 0. The van der Waals surface area contributed by atoms with Gasteiger partial charge in [-0.2, -0.15) is 5.26 Å². The molecule has 1 aliphatic rings. The molecule has 0 amide bonds. The van der Waals surface area contributed by atoms with Crippen LogP contribution in [0.15, 0.2) is 35.7 Å². The monoisotopic (exact) mass is 330 g/mol. The summed E-state index contributed by atoms with van der Waals surface area (Å²) in [6, 6.07) is 8.69. The maximum atomic E-state index is 12.3.